The number of carboxylic acids is 1. The van der Waals surface area contributed by atoms with Gasteiger partial charge in [-0.3, -0.25) is 10.1 Å². The van der Waals surface area contributed by atoms with Crippen molar-refractivity contribution in [2.45, 2.75) is 18.8 Å². The van der Waals surface area contributed by atoms with E-state index in [2.05, 4.69) is 37.8 Å². The van der Waals surface area contributed by atoms with Crippen LogP contribution < -0.4 is 0 Å². The lowest BCUT2D eigenvalue weighted by atomic mass is 10.1. The lowest BCUT2D eigenvalue weighted by Crippen LogP contribution is -2.00. The van der Waals surface area contributed by atoms with E-state index < -0.39 is 5.97 Å². The molecule has 5 nitrogen and oxygen atoms in total. The molecule has 18 heavy (non-hydrogen) atoms. The average molecular weight is 355 g/mol. The van der Waals surface area contributed by atoms with E-state index in [4.69, 9.17) is 0 Å². The molecule has 3 rings (SSSR count). The molecule has 0 aliphatic heterocycles. The van der Waals surface area contributed by atoms with Gasteiger partial charge in [0.15, 0.2) is 5.69 Å². The van der Waals surface area contributed by atoms with E-state index in [0.717, 1.165) is 22.1 Å². The minimum atomic E-state index is -1.02. The Morgan fingerprint density at radius 1 is 1.50 bits per heavy atom. The molecule has 0 unspecified atom stereocenters. The van der Waals surface area contributed by atoms with Crippen LogP contribution >= 0.6 is 22.6 Å². The van der Waals surface area contributed by atoms with Crippen LogP contribution in [0.2, 0.25) is 0 Å². The number of carbonyl (C=O) groups is 1. The Morgan fingerprint density at radius 3 is 2.89 bits per heavy atom. The first-order valence-corrected chi connectivity index (χ1v) is 6.68. The lowest BCUT2D eigenvalue weighted by molar-refractivity contribution is 0.0691. The number of aromatic amines is 1. The van der Waals surface area contributed by atoms with Crippen LogP contribution in [-0.4, -0.2) is 26.3 Å². The summed E-state index contributed by atoms with van der Waals surface area (Å²) in [7, 11) is 0. The monoisotopic (exact) mass is 355 g/mol. The van der Waals surface area contributed by atoms with Gasteiger partial charge in [-0.15, -0.1) is 0 Å². The summed E-state index contributed by atoms with van der Waals surface area (Å²) in [4.78, 5) is 15.5. The minimum absolute atomic E-state index is 0.0615. The second-order valence-corrected chi connectivity index (χ2v) is 5.55. The lowest BCUT2D eigenvalue weighted by Gasteiger charge is -2.03. The van der Waals surface area contributed by atoms with Crippen molar-refractivity contribution < 1.29 is 9.90 Å². The molecule has 0 atom stereocenters. The van der Waals surface area contributed by atoms with E-state index in [-0.39, 0.29) is 5.69 Å². The van der Waals surface area contributed by atoms with Gasteiger partial charge in [0, 0.05) is 21.4 Å². The van der Waals surface area contributed by atoms with E-state index in [1.807, 2.05) is 12.1 Å². The number of rotatable bonds is 3. The molecule has 2 heterocycles. The Labute approximate surface area is 117 Å². The first-order chi connectivity index (χ1) is 8.66. The highest BCUT2D eigenvalue weighted by Crippen LogP contribution is 2.44. The zero-order chi connectivity index (χ0) is 12.7. The van der Waals surface area contributed by atoms with Crippen molar-refractivity contribution >= 4 is 28.6 Å². The third-order valence-electron chi connectivity index (χ3n) is 2.96. The molecule has 1 aliphatic rings. The zero-order valence-corrected chi connectivity index (χ0v) is 11.5. The molecular formula is C12H10IN3O2. The van der Waals surface area contributed by atoms with Crippen LogP contribution in [0, 0.1) is 3.57 Å². The van der Waals surface area contributed by atoms with Crippen molar-refractivity contribution in [2.75, 3.05) is 0 Å². The molecular weight excluding hydrogens is 345 g/mol. The molecule has 2 N–H and O–H groups in total. The number of pyridine rings is 1. The van der Waals surface area contributed by atoms with Crippen molar-refractivity contribution in [3.05, 3.63) is 33.3 Å². The molecule has 0 bridgehead atoms. The normalized spacial score (nSPS) is 14.7. The quantitative estimate of drug-likeness (QED) is 0.830. The van der Waals surface area contributed by atoms with Crippen molar-refractivity contribution in [1.29, 1.82) is 0 Å². The Morgan fingerprint density at radius 2 is 2.28 bits per heavy atom. The number of aromatic carboxylic acids is 1. The van der Waals surface area contributed by atoms with Crippen LogP contribution in [0.4, 0.5) is 0 Å². The molecule has 2 aromatic rings. The molecule has 0 amide bonds. The van der Waals surface area contributed by atoms with Crippen molar-refractivity contribution in [1.82, 2.24) is 15.2 Å². The summed E-state index contributed by atoms with van der Waals surface area (Å²) in [6, 6.07) is 3.76. The molecule has 2 aromatic heterocycles. The van der Waals surface area contributed by atoms with Gasteiger partial charge in [0.1, 0.15) is 0 Å². The van der Waals surface area contributed by atoms with E-state index in [0.29, 0.717) is 17.2 Å². The van der Waals surface area contributed by atoms with Crippen LogP contribution in [0.25, 0.3) is 11.3 Å². The smallest absolute Gasteiger partial charge is 0.357 e. The van der Waals surface area contributed by atoms with Gasteiger partial charge < -0.3 is 5.11 Å². The predicted molar refractivity (Wildman–Crippen MR) is 73.5 cm³/mol. The van der Waals surface area contributed by atoms with Crippen LogP contribution in [0.15, 0.2) is 18.3 Å². The number of aromatic nitrogens is 3. The molecule has 0 aromatic carbocycles. The maximum Gasteiger partial charge on any atom is 0.357 e. The molecule has 0 saturated heterocycles. The maximum atomic E-state index is 11.2. The van der Waals surface area contributed by atoms with Crippen LogP contribution in [0.3, 0.4) is 0 Å². The predicted octanol–water partition coefficient (Wildman–Crippen LogP) is 2.65. The highest BCUT2D eigenvalue weighted by atomic mass is 127. The minimum Gasteiger partial charge on any atom is -0.476 e. The van der Waals surface area contributed by atoms with Crippen LogP contribution in [-0.2, 0) is 0 Å². The van der Waals surface area contributed by atoms with E-state index in [1.54, 1.807) is 6.20 Å². The summed E-state index contributed by atoms with van der Waals surface area (Å²) >= 11 is 2.19. The summed E-state index contributed by atoms with van der Waals surface area (Å²) in [6.45, 7) is 0. The highest BCUT2D eigenvalue weighted by Gasteiger charge is 2.32. The largest absolute Gasteiger partial charge is 0.476 e. The third kappa shape index (κ3) is 2.00. The summed E-state index contributed by atoms with van der Waals surface area (Å²) in [6.07, 6.45) is 3.85. The molecule has 6 heteroatoms. The summed E-state index contributed by atoms with van der Waals surface area (Å²) in [5.41, 5.74) is 2.28. The number of H-pyrrole nitrogens is 1. The third-order valence-corrected chi connectivity index (χ3v) is 3.63. The molecule has 92 valence electrons. The van der Waals surface area contributed by atoms with Gasteiger partial charge in [0.2, 0.25) is 0 Å². The van der Waals surface area contributed by atoms with Crippen molar-refractivity contribution in [3.63, 3.8) is 0 Å². The first kappa shape index (κ1) is 11.6. The Bertz CT molecular complexity index is 620. The first-order valence-electron chi connectivity index (χ1n) is 5.60. The number of nitrogens with zero attached hydrogens (tertiary/aromatic N) is 2. The van der Waals surface area contributed by atoms with E-state index in [1.165, 1.54) is 0 Å². The van der Waals surface area contributed by atoms with Gasteiger partial charge >= 0.3 is 5.97 Å². The van der Waals surface area contributed by atoms with E-state index >= 15 is 0 Å². The van der Waals surface area contributed by atoms with Crippen molar-refractivity contribution in [2.24, 2.45) is 0 Å². The highest BCUT2D eigenvalue weighted by molar-refractivity contribution is 14.1. The van der Waals surface area contributed by atoms with E-state index in [9.17, 15) is 9.90 Å². The van der Waals surface area contributed by atoms with Gasteiger partial charge in [-0.25, -0.2) is 4.79 Å². The second kappa shape index (κ2) is 4.34. The number of carboxylic acid groups (broad SMARTS) is 1. The second-order valence-electron chi connectivity index (χ2n) is 4.30. The topological polar surface area (TPSA) is 78.9 Å². The van der Waals surface area contributed by atoms with Crippen LogP contribution in [0.5, 0.6) is 0 Å². The zero-order valence-electron chi connectivity index (χ0n) is 9.35. The number of halogens is 1. The SMILES string of the molecule is O=C(O)c1n[nH]c(C2CC2)c1-c1cc(I)ccn1. The molecule has 0 radical (unpaired) electrons. The number of hydrogen-bond acceptors (Lipinski definition) is 3. The number of nitrogens with one attached hydrogen (secondary N) is 1. The van der Waals surface area contributed by atoms with Crippen LogP contribution in [0.1, 0.15) is 34.9 Å². The fourth-order valence-corrected chi connectivity index (χ4v) is 2.43. The summed E-state index contributed by atoms with van der Waals surface area (Å²) in [5, 5.41) is 16.0. The Hall–Kier alpha value is -1.44. The fraction of sp³-hybridized carbons (Fsp3) is 0.250. The molecule has 0 spiro atoms. The van der Waals surface area contributed by atoms with Gasteiger partial charge in [-0.1, -0.05) is 0 Å². The fourth-order valence-electron chi connectivity index (χ4n) is 1.98. The molecule has 1 aliphatic carbocycles. The average Bonchev–Trinajstić information content (AvgIpc) is 3.07. The number of hydrogen-bond donors (Lipinski definition) is 2. The van der Waals surface area contributed by atoms with Crippen molar-refractivity contribution in [3.8, 4) is 11.3 Å². The van der Waals surface area contributed by atoms with Gasteiger partial charge in [0.25, 0.3) is 0 Å². The Kier molecular flexibility index (Phi) is 2.81. The van der Waals surface area contributed by atoms with Gasteiger partial charge in [-0.05, 0) is 47.6 Å². The summed E-state index contributed by atoms with van der Waals surface area (Å²) in [5.74, 6) is -0.617. The standard InChI is InChI=1S/C12H10IN3O2/c13-7-3-4-14-8(5-7)9-10(6-1-2-6)15-16-11(9)12(17)18/h3-6H,1-2H2,(H,15,16)(H,17,18). The molecule has 1 saturated carbocycles. The Balaban J connectivity index is 2.19. The maximum absolute atomic E-state index is 11.2. The van der Waals surface area contributed by atoms with Gasteiger partial charge in [-0.2, -0.15) is 5.10 Å². The van der Waals surface area contributed by atoms with Gasteiger partial charge in [0.05, 0.1) is 11.3 Å². The molecule has 1 fully saturated rings. The summed E-state index contributed by atoms with van der Waals surface area (Å²) < 4.78 is 1.02.